The average Bonchev–Trinajstić information content (AvgIpc) is 2.27. The Bertz CT molecular complexity index is 562. The molecule has 0 aliphatic rings. The van der Waals surface area contributed by atoms with Gasteiger partial charge in [-0.25, -0.2) is 18.2 Å². The zero-order valence-electron chi connectivity index (χ0n) is 8.25. The molecule has 0 unspecified atom stereocenters. The van der Waals surface area contributed by atoms with E-state index < -0.39 is 29.1 Å². The van der Waals surface area contributed by atoms with Crippen molar-refractivity contribution in [2.45, 2.75) is 0 Å². The lowest BCUT2D eigenvalue weighted by Crippen LogP contribution is -1.94. The Morgan fingerprint density at radius 3 is 2.53 bits per heavy atom. The maximum absolute atomic E-state index is 13.3. The molecule has 2 aromatic rings. The number of rotatable bonds is 2. The molecule has 0 amide bonds. The fourth-order valence-corrected chi connectivity index (χ4v) is 1.44. The molecule has 0 atom stereocenters. The van der Waals surface area contributed by atoms with Crippen LogP contribution in [0.5, 0.6) is 11.6 Å². The summed E-state index contributed by atoms with van der Waals surface area (Å²) in [6.07, 6.45) is 1.29. The Labute approximate surface area is 103 Å². The molecule has 0 N–H and O–H groups in total. The van der Waals surface area contributed by atoms with Crippen molar-refractivity contribution >= 4 is 15.9 Å². The lowest BCUT2D eigenvalue weighted by molar-refractivity contribution is 0.394. The van der Waals surface area contributed by atoms with Gasteiger partial charge in [-0.3, -0.25) is 0 Å². The molecule has 0 saturated heterocycles. The van der Waals surface area contributed by atoms with Crippen molar-refractivity contribution in [3.8, 4) is 11.6 Å². The zero-order chi connectivity index (χ0) is 12.4. The highest BCUT2D eigenvalue weighted by Gasteiger charge is 2.11. The minimum absolute atomic E-state index is 0.418. The summed E-state index contributed by atoms with van der Waals surface area (Å²) in [7, 11) is 0. The van der Waals surface area contributed by atoms with Gasteiger partial charge in [0, 0.05) is 16.7 Å². The number of ether oxygens (including phenoxy) is 1. The van der Waals surface area contributed by atoms with Gasteiger partial charge in [0.1, 0.15) is 5.82 Å². The molecule has 0 spiro atoms. The molecule has 1 heterocycles. The van der Waals surface area contributed by atoms with E-state index in [4.69, 9.17) is 4.74 Å². The van der Waals surface area contributed by atoms with Crippen LogP contribution >= 0.6 is 15.9 Å². The molecule has 0 saturated carbocycles. The molecule has 0 aliphatic carbocycles. The molecule has 2 nitrogen and oxygen atoms in total. The molecule has 17 heavy (non-hydrogen) atoms. The van der Waals surface area contributed by atoms with Gasteiger partial charge in [-0.2, -0.15) is 0 Å². The Morgan fingerprint density at radius 2 is 1.82 bits per heavy atom. The molecule has 88 valence electrons. The van der Waals surface area contributed by atoms with Crippen LogP contribution < -0.4 is 4.74 Å². The number of pyridine rings is 1. The van der Waals surface area contributed by atoms with Crippen LogP contribution in [-0.4, -0.2) is 4.98 Å². The molecule has 1 aromatic carbocycles. The highest BCUT2D eigenvalue weighted by Crippen LogP contribution is 2.26. The van der Waals surface area contributed by atoms with E-state index in [0.29, 0.717) is 4.47 Å². The molecule has 0 fully saturated rings. The van der Waals surface area contributed by atoms with E-state index in [1.807, 2.05) is 0 Å². The lowest BCUT2D eigenvalue weighted by atomic mass is 10.3. The van der Waals surface area contributed by atoms with Crippen molar-refractivity contribution < 1.29 is 17.9 Å². The third-order valence-corrected chi connectivity index (χ3v) is 2.31. The second-order valence-corrected chi connectivity index (χ2v) is 4.03. The third kappa shape index (κ3) is 2.76. The van der Waals surface area contributed by atoms with E-state index in [9.17, 15) is 13.2 Å². The SMILES string of the molecule is Fc1ccc(F)c(Oc2ncc(Br)cc2F)c1. The minimum atomic E-state index is -0.796. The predicted octanol–water partition coefficient (Wildman–Crippen LogP) is 4.05. The predicted molar refractivity (Wildman–Crippen MR) is 58.3 cm³/mol. The minimum Gasteiger partial charge on any atom is -0.433 e. The van der Waals surface area contributed by atoms with Gasteiger partial charge in [-0.05, 0) is 34.1 Å². The number of halogens is 4. The molecule has 0 bridgehead atoms. The van der Waals surface area contributed by atoms with Gasteiger partial charge >= 0.3 is 0 Å². The molecule has 6 heteroatoms. The summed E-state index contributed by atoms with van der Waals surface area (Å²) in [5.41, 5.74) is 0. The van der Waals surface area contributed by atoms with Crippen molar-refractivity contribution in [1.29, 1.82) is 0 Å². The Morgan fingerprint density at radius 1 is 1.06 bits per heavy atom. The van der Waals surface area contributed by atoms with Crippen LogP contribution in [0, 0.1) is 17.5 Å². The summed E-state index contributed by atoms with van der Waals surface area (Å²) >= 11 is 3.02. The standard InChI is InChI=1S/C11H5BrF3NO/c12-6-3-9(15)11(16-5-6)17-10-4-7(13)1-2-8(10)14/h1-5H. The smallest absolute Gasteiger partial charge is 0.256 e. The summed E-state index contributed by atoms with van der Waals surface area (Å²) in [5.74, 6) is -3.09. The van der Waals surface area contributed by atoms with Gasteiger partial charge in [-0.15, -0.1) is 0 Å². The zero-order valence-corrected chi connectivity index (χ0v) is 9.84. The first-order valence-electron chi connectivity index (χ1n) is 4.50. The molecule has 2 rings (SSSR count). The highest BCUT2D eigenvalue weighted by atomic mass is 79.9. The maximum Gasteiger partial charge on any atom is 0.256 e. The van der Waals surface area contributed by atoms with Gasteiger partial charge in [0.05, 0.1) is 0 Å². The van der Waals surface area contributed by atoms with Crippen LogP contribution in [0.25, 0.3) is 0 Å². The van der Waals surface area contributed by atoms with E-state index >= 15 is 0 Å². The van der Waals surface area contributed by atoms with Gasteiger partial charge < -0.3 is 4.74 Å². The Balaban J connectivity index is 2.34. The second kappa shape index (κ2) is 4.75. The first-order valence-corrected chi connectivity index (χ1v) is 5.29. The average molecular weight is 304 g/mol. The van der Waals surface area contributed by atoms with Crippen molar-refractivity contribution in [3.63, 3.8) is 0 Å². The number of aromatic nitrogens is 1. The first kappa shape index (κ1) is 11.9. The van der Waals surface area contributed by atoms with Gasteiger partial charge in [-0.1, -0.05) is 0 Å². The quantitative estimate of drug-likeness (QED) is 0.835. The van der Waals surface area contributed by atoms with Crippen molar-refractivity contribution in [2.75, 3.05) is 0 Å². The number of nitrogens with zero attached hydrogens (tertiary/aromatic N) is 1. The second-order valence-electron chi connectivity index (χ2n) is 3.12. The van der Waals surface area contributed by atoms with Gasteiger partial charge in [0.2, 0.25) is 0 Å². The maximum atomic E-state index is 13.3. The normalized spacial score (nSPS) is 10.4. The van der Waals surface area contributed by atoms with Crippen LogP contribution in [-0.2, 0) is 0 Å². The summed E-state index contributed by atoms with van der Waals surface area (Å²) in [6.45, 7) is 0. The monoisotopic (exact) mass is 303 g/mol. The third-order valence-electron chi connectivity index (χ3n) is 1.87. The van der Waals surface area contributed by atoms with E-state index in [1.54, 1.807) is 0 Å². The van der Waals surface area contributed by atoms with Crippen LogP contribution in [0.2, 0.25) is 0 Å². The van der Waals surface area contributed by atoms with Crippen LogP contribution in [0.3, 0.4) is 0 Å². The molecule has 0 radical (unpaired) electrons. The topological polar surface area (TPSA) is 22.1 Å². The number of hydrogen-bond donors (Lipinski definition) is 0. The highest BCUT2D eigenvalue weighted by molar-refractivity contribution is 9.10. The van der Waals surface area contributed by atoms with E-state index in [0.717, 1.165) is 24.3 Å². The Kier molecular flexibility index (Phi) is 3.33. The fraction of sp³-hybridized carbons (Fsp3) is 0. The van der Waals surface area contributed by atoms with Crippen molar-refractivity contribution in [1.82, 2.24) is 4.98 Å². The van der Waals surface area contributed by atoms with E-state index in [1.165, 1.54) is 6.20 Å². The van der Waals surface area contributed by atoms with E-state index in [-0.39, 0.29) is 0 Å². The largest absolute Gasteiger partial charge is 0.433 e. The van der Waals surface area contributed by atoms with Crippen LogP contribution in [0.15, 0.2) is 34.9 Å². The molecular weight excluding hydrogens is 299 g/mol. The van der Waals surface area contributed by atoms with E-state index in [2.05, 4.69) is 20.9 Å². The van der Waals surface area contributed by atoms with Gasteiger partial charge in [0.15, 0.2) is 17.4 Å². The summed E-state index contributed by atoms with van der Waals surface area (Å²) in [4.78, 5) is 3.61. The summed E-state index contributed by atoms with van der Waals surface area (Å²) in [5, 5.41) is 0. The molecule has 1 aromatic heterocycles. The summed E-state index contributed by atoms with van der Waals surface area (Å²) in [6, 6.07) is 3.76. The number of hydrogen-bond acceptors (Lipinski definition) is 2. The van der Waals surface area contributed by atoms with Gasteiger partial charge in [0.25, 0.3) is 5.88 Å². The Hall–Kier alpha value is -1.56. The van der Waals surface area contributed by atoms with Crippen molar-refractivity contribution in [3.05, 3.63) is 52.4 Å². The molecule has 0 aliphatic heterocycles. The molecular formula is C11H5BrF3NO. The van der Waals surface area contributed by atoms with Crippen LogP contribution in [0.4, 0.5) is 13.2 Å². The fourth-order valence-electron chi connectivity index (χ4n) is 1.14. The van der Waals surface area contributed by atoms with Crippen LogP contribution in [0.1, 0.15) is 0 Å². The number of benzene rings is 1. The first-order chi connectivity index (χ1) is 8.06. The van der Waals surface area contributed by atoms with Crippen molar-refractivity contribution in [2.24, 2.45) is 0 Å². The summed E-state index contributed by atoms with van der Waals surface area (Å²) < 4.78 is 44.7. The lowest BCUT2D eigenvalue weighted by Gasteiger charge is -2.06.